The van der Waals surface area contributed by atoms with E-state index in [0.29, 0.717) is 21.9 Å². The van der Waals surface area contributed by atoms with E-state index in [1.165, 1.54) is 0 Å². The van der Waals surface area contributed by atoms with Crippen molar-refractivity contribution in [3.63, 3.8) is 0 Å². The van der Waals surface area contributed by atoms with Gasteiger partial charge in [0.05, 0.1) is 11.0 Å². The molecule has 0 amide bonds. The predicted octanol–water partition coefficient (Wildman–Crippen LogP) is 5.99. The smallest absolute Gasteiger partial charge is 0.197 e. The van der Waals surface area contributed by atoms with Gasteiger partial charge in [0, 0.05) is 27.6 Å². The molecule has 5 aromatic rings. The number of hydrogen-bond acceptors (Lipinski definition) is 2. The number of ketones is 1. The molecule has 0 bridgehead atoms. The first kappa shape index (κ1) is 19.0. The van der Waals surface area contributed by atoms with E-state index in [0.717, 1.165) is 27.8 Å². The van der Waals surface area contributed by atoms with E-state index in [-0.39, 0.29) is 11.2 Å². The van der Waals surface area contributed by atoms with Crippen LogP contribution >= 0.6 is 0 Å². The molecule has 31 heavy (non-hydrogen) atoms. The summed E-state index contributed by atoms with van der Waals surface area (Å²) in [5.41, 5.74) is 5.51. The van der Waals surface area contributed by atoms with Gasteiger partial charge in [0.2, 0.25) is 0 Å². The van der Waals surface area contributed by atoms with Crippen molar-refractivity contribution in [1.29, 1.82) is 0 Å². The fourth-order valence-corrected chi connectivity index (χ4v) is 4.27. The predicted molar refractivity (Wildman–Crippen MR) is 126 cm³/mol. The molecular weight excluding hydrogens is 382 g/mol. The van der Waals surface area contributed by atoms with Crippen LogP contribution in [0.3, 0.4) is 0 Å². The molecule has 0 saturated carbocycles. The van der Waals surface area contributed by atoms with Crippen molar-refractivity contribution < 1.29 is 4.79 Å². The van der Waals surface area contributed by atoms with Crippen LogP contribution in [-0.2, 0) is 0 Å². The second-order valence-electron chi connectivity index (χ2n) is 7.85. The first-order chi connectivity index (χ1) is 15.1. The number of benzene rings is 4. The van der Waals surface area contributed by atoms with Crippen molar-refractivity contribution in [2.24, 2.45) is 0 Å². The van der Waals surface area contributed by atoms with Gasteiger partial charge >= 0.3 is 0 Å². The Morgan fingerprint density at radius 1 is 0.645 bits per heavy atom. The highest BCUT2D eigenvalue weighted by Crippen LogP contribution is 2.27. The third-order valence-corrected chi connectivity index (χ3v) is 5.87. The third-order valence-electron chi connectivity index (χ3n) is 5.87. The van der Waals surface area contributed by atoms with Gasteiger partial charge in [-0.3, -0.25) is 9.59 Å². The molecule has 0 atom stereocenters. The Labute approximate surface area is 180 Å². The van der Waals surface area contributed by atoms with E-state index in [4.69, 9.17) is 0 Å². The highest BCUT2D eigenvalue weighted by atomic mass is 16.1. The van der Waals surface area contributed by atoms with Crippen molar-refractivity contribution in [2.75, 3.05) is 0 Å². The Morgan fingerprint density at radius 2 is 1.32 bits per heavy atom. The maximum absolute atomic E-state index is 13.4. The van der Waals surface area contributed by atoms with Crippen molar-refractivity contribution in [1.82, 2.24) is 4.57 Å². The molecule has 4 aromatic carbocycles. The summed E-state index contributed by atoms with van der Waals surface area (Å²) in [6.45, 7) is 3.84. The molecule has 3 heteroatoms. The van der Waals surface area contributed by atoms with Crippen LogP contribution in [0, 0.1) is 13.8 Å². The topological polar surface area (TPSA) is 39.1 Å². The second-order valence-corrected chi connectivity index (χ2v) is 7.85. The molecule has 0 aliphatic heterocycles. The van der Waals surface area contributed by atoms with Crippen LogP contribution in [0.4, 0.5) is 0 Å². The Morgan fingerprint density at radius 3 is 2.10 bits per heavy atom. The molecule has 0 unspecified atom stereocenters. The summed E-state index contributed by atoms with van der Waals surface area (Å²) in [5, 5.41) is 1.28. The van der Waals surface area contributed by atoms with Gasteiger partial charge in [-0.1, -0.05) is 54.6 Å². The second kappa shape index (κ2) is 7.37. The number of pyridine rings is 1. The van der Waals surface area contributed by atoms with E-state index in [2.05, 4.69) is 4.57 Å². The zero-order chi connectivity index (χ0) is 21.5. The van der Waals surface area contributed by atoms with E-state index in [1.807, 2.05) is 105 Å². The summed E-state index contributed by atoms with van der Waals surface area (Å²) in [5.74, 6) is -0.0299. The molecular formula is C28H21NO2. The van der Waals surface area contributed by atoms with Crippen molar-refractivity contribution in [3.8, 4) is 5.69 Å². The van der Waals surface area contributed by atoms with E-state index < -0.39 is 0 Å². The van der Waals surface area contributed by atoms with Crippen LogP contribution in [0.1, 0.15) is 27.0 Å². The third kappa shape index (κ3) is 3.06. The minimum atomic E-state index is -0.0299. The largest absolute Gasteiger partial charge is 0.309 e. The Balaban J connectivity index is 1.90. The molecule has 0 spiro atoms. The first-order valence-electron chi connectivity index (χ1n) is 10.3. The molecule has 3 nitrogen and oxygen atoms in total. The van der Waals surface area contributed by atoms with Crippen molar-refractivity contribution in [3.05, 3.63) is 123 Å². The number of fused-ring (bicyclic) bond motifs is 2. The molecule has 0 aliphatic carbocycles. The number of aromatic nitrogens is 1. The van der Waals surface area contributed by atoms with Crippen molar-refractivity contribution in [2.45, 2.75) is 13.8 Å². The van der Waals surface area contributed by atoms with E-state index in [9.17, 15) is 9.59 Å². The average Bonchev–Trinajstić information content (AvgIpc) is 2.80. The fourth-order valence-electron chi connectivity index (χ4n) is 4.27. The summed E-state index contributed by atoms with van der Waals surface area (Å²) >= 11 is 0. The number of aryl methyl sites for hydroxylation is 2. The number of nitrogens with zero attached hydrogens (tertiary/aromatic N) is 1. The zero-order valence-electron chi connectivity index (χ0n) is 17.4. The maximum Gasteiger partial charge on any atom is 0.197 e. The maximum atomic E-state index is 13.4. The van der Waals surface area contributed by atoms with Gasteiger partial charge < -0.3 is 4.57 Å². The normalized spacial score (nSPS) is 11.2. The lowest BCUT2D eigenvalue weighted by molar-refractivity contribution is 0.103. The molecule has 150 valence electrons. The van der Waals surface area contributed by atoms with Gasteiger partial charge in [-0.2, -0.15) is 0 Å². The number of carbonyl (C=O) groups excluding carboxylic acids is 1. The van der Waals surface area contributed by atoms with Crippen LogP contribution in [-0.4, -0.2) is 10.4 Å². The van der Waals surface area contributed by atoms with Crippen LogP contribution in [0.15, 0.2) is 95.8 Å². The Bertz CT molecular complexity index is 1530. The van der Waals surface area contributed by atoms with Gasteiger partial charge in [0.15, 0.2) is 11.2 Å². The molecule has 0 radical (unpaired) electrons. The van der Waals surface area contributed by atoms with Crippen LogP contribution in [0.2, 0.25) is 0 Å². The number of hydrogen-bond donors (Lipinski definition) is 0. The lowest BCUT2D eigenvalue weighted by Crippen LogP contribution is -2.13. The van der Waals surface area contributed by atoms with E-state index >= 15 is 0 Å². The summed E-state index contributed by atoms with van der Waals surface area (Å²) in [7, 11) is 0. The molecule has 1 aromatic heterocycles. The first-order valence-corrected chi connectivity index (χ1v) is 10.3. The minimum Gasteiger partial charge on any atom is -0.309 e. The van der Waals surface area contributed by atoms with Gasteiger partial charge in [-0.25, -0.2) is 0 Å². The summed E-state index contributed by atoms with van der Waals surface area (Å²) in [4.78, 5) is 26.8. The minimum absolute atomic E-state index is 0.0178. The Hall–Kier alpha value is -3.98. The monoisotopic (exact) mass is 403 g/mol. The standard InChI is InChI=1S/C28H21NO2/c1-18-10-6-7-13-21(18)27(30)23-17-26-24(16-19(23)2)28(31)22-14-8-9-15-25(22)29(26)20-11-4-3-5-12-20/h3-17H,1-2H3. The molecule has 0 N–H and O–H groups in total. The summed E-state index contributed by atoms with van der Waals surface area (Å²) in [6, 6.07) is 28.9. The van der Waals surface area contributed by atoms with Crippen LogP contribution in [0.25, 0.3) is 27.5 Å². The molecule has 5 rings (SSSR count). The van der Waals surface area contributed by atoms with Gasteiger partial charge in [-0.05, 0) is 61.4 Å². The molecule has 1 heterocycles. The quantitative estimate of drug-likeness (QED) is 0.274. The zero-order valence-corrected chi connectivity index (χ0v) is 17.4. The highest BCUT2D eigenvalue weighted by molar-refractivity contribution is 6.12. The highest BCUT2D eigenvalue weighted by Gasteiger charge is 2.18. The van der Waals surface area contributed by atoms with Crippen molar-refractivity contribution >= 4 is 27.6 Å². The lowest BCUT2D eigenvalue weighted by Gasteiger charge is -2.17. The summed E-state index contributed by atoms with van der Waals surface area (Å²) in [6.07, 6.45) is 0. The van der Waals surface area contributed by atoms with E-state index in [1.54, 1.807) is 0 Å². The van der Waals surface area contributed by atoms with Crippen LogP contribution in [0.5, 0.6) is 0 Å². The summed E-state index contributed by atoms with van der Waals surface area (Å²) < 4.78 is 2.07. The molecule has 0 aliphatic rings. The van der Waals surface area contributed by atoms with Gasteiger partial charge in [-0.15, -0.1) is 0 Å². The molecule has 0 saturated heterocycles. The lowest BCUT2D eigenvalue weighted by atomic mass is 9.94. The molecule has 0 fully saturated rings. The van der Waals surface area contributed by atoms with Crippen LogP contribution < -0.4 is 5.43 Å². The van der Waals surface area contributed by atoms with Gasteiger partial charge in [0.25, 0.3) is 0 Å². The average molecular weight is 403 g/mol. The number of carbonyl (C=O) groups is 1. The number of rotatable bonds is 3. The van der Waals surface area contributed by atoms with Gasteiger partial charge in [0.1, 0.15) is 0 Å². The SMILES string of the molecule is Cc1ccccc1C(=O)c1cc2c(cc1C)c(=O)c1ccccc1n2-c1ccccc1. The fraction of sp³-hybridized carbons (Fsp3) is 0.0714. The Kier molecular flexibility index (Phi) is 4.52. The number of para-hydroxylation sites is 2.